The molecule has 0 saturated carbocycles. The SMILES string of the molecule is Cc1ccccc1C1CCN(Cc2csc(-c3ncccn3)n2)C1. The zero-order chi connectivity index (χ0) is 16.4. The third-order valence-corrected chi connectivity index (χ3v) is 5.48. The third kappa shape index (κ3) is 3.23. The topological polar surface area (TPSA) is 41.9 Å². The lowest BCUT2D eigenvalue weighted by atomic mass is 9.94. The summed E-state index contributed by atoms with van der Waals surface area (Å²) in [4.78, 5) is 15.8. The number of nitrogens with zero attached hydrogens (tertiary/aromatic N) is 4. The van der Waals surface area contributed by atoms with Crippen LogP contribution < -0.4 is 0 Å². The second kappa shape index (κ2) is 6.79. The van der Waals surface area contributed by atoms with E-state index in [1.165, 1.54) is 17.5 Å². The van der Waals surface area contributed by atoms with Crippen LogP contribution in [-0.2, 0) is 6.54 Å². The van der Waals surface area contributed by atoms with Crippen LogP contribution in [-0.4, -0.2) is 32.9 Å². The highest BCUT2D eigenvalue weighted by atomic mass is 32.1. The highest BCUT2D eigenvalue weighted by molar-refractivity contribution is 7.13. The summed E-state index contributed by atoms with van der Waals surface area (Å²) in [5, 5.41) is 3.03. The fourth-order valence-corrected chi connectivity index (χ4v) is 4.15. The minimum Gasteiger partial charge on any atom is -0.297 e. The molecule has 0 aliphatic carbocycles. The van der Waals surface area contributed by atoms with Gasteiger partial charge in [0, 0.05) is 30.9 Å². The van der Waals surface area contributed by atoms with Crippen LogP contribution in [0, 0.1) is 6.92 Å². The molecule has 1 unspecified atom stereocenters. The second-order valence-corrected chi connectivity index (χ2v) is 7.15. The van der Waals surface area contributed by atoms with E-state index in [4.69, 9.17) is 4.98 Å². The molecule has 1 atom stereocenters. The van der Waals surface area contributed by atoms with E-state index in [2.05, 4.69) is 51.4 Å². The summed E-state index contributed by atoms with van der Waals surface area (Å²) >= 11 is 1.62. The summed E-state index contributed by atoms with van der Waals surface area (Å²) in [6, 6.07) is 10.6. The summed E-state index contributed by atoms with van der Waals surface area (Å²) < 4.78 is 0. The lowest BCUT2D eigenvalue weighted by Gasteiger charge is -2.16. The van der Waals surface area contributed by atoms with Crippen LogP contribution in [0.5, 0.6) is 0 Å². The van der Waals surface area contributed by atoms with Gasteiger partial charge >= 0.3 is 0 Å². The van der Waals surface area contributed by atoms with Gasteiger partial charge in [-0.05, 0) is 43.0 Å². The minimum atomic E-state index is 0.641. The number of rotatable bonds is 4. The molecular weight excluding hydrogens is 316 g/mol. The summed E-state index contributed by atoms with van der Waals surface area (Å²) in [7, 11) is 0. The molecule has 0 spiro atoms. The molecular formula is C19H20N4S. The first-order valence-electron chi connectivity index (χ1n) is 8.29. The standard InChI is InChI=1S/C19H20N4S/c1-14-5-2-3-6-17(14)15-7-10-23(11-15)12-16-13-24-19(22-16)18-20-8-4-9-21-18/h2-6,8-9,13,15H,7,10-12H2,1H3. The van der Waals surface area contributed by atoms with Gasteiger partial charge in [-0.2, -0.15) is 0 Å². The summed E-state index contributed by atoms with van der Waals surface area (Å²) in [5.41, 5.74) is 4.02. The van der Waals surface area contributed by atoms with Crippen molar-refractivity contribution < 1.29 is 0 Å². The maximum absolute atomic E-state index is 4.71. The Kier molecular flexibility index (Phi) is 4.36. The highest BCUT2D eigenvalue weighted by Gasteiger charge is 2.25. The predicted molar refractivity (Wildman–Crippen MR) is 97.0 cm³/mol. The monoisotopic (exact) mass is 336 g/mol. The first kappa shape index (κ1) is 15.4. The number of aromatic nitrogens is 3. The van der Waals surface area contributed by atoms with E-state index >= 15 is 0 Å². The highest BCUT2D eigenvalue weighted by Crippen LogP contribution is 2.30. The van der Waals surface area contributed by atoms with Crippen LogP contribution in [0.1, 0.15) is 29.2 Å². The van der Waals surface area contributed by atoms with Gasteiger partial charge in [0.2, 0.25) is 0 Å². The van der Waals surface area contributed by atoms with Crippen LogP contribution in [0.2, 0.25) is 0 Å². The van der Waals surface area contributed by atoms with Crippen molar-refractivity contribution in [2.75, 3.05) is 13.1 Å². The van der Waals surface area contributed by atoms with Crippen molar-refractivity contribution in [3.8, 4) is 10.8 Å². The number of aryl methyl sites for hydroxylation is 1. The van der Waals surface area contributed by atoms with Gasteiger partial charge in [0.1, 0.15) is 0 Å². The van der Waals surface area contributed by atoms with Crippen LogP contribution in [0.15, 0.2) is 48.1 Å². The summed E-state index contributed by atoms with van der Waals surface area (Å²) in [6.45, 7) is 5.36. The Morgan fingerprint density at radius 3 is 2.83 bits per heavy atom. The molecule has 1 saturated heterocycles. The van der Waals surface area contributed by atoms with E-state index < -0.39 is 0 Å². The van der Waals surface area contributed by atoms with Crippen molar-refractivity contribution in [2.45, 2.75) is 25.8 Å². The molecule has 1 aliphatic heterocycles. The minimum absolute atomic E-state index is 0.641. The summed E-state index contributed by atoms with van der Waals surface area (Å²) in [6.07, 6.45) is 4.75. The van der Waals surface area contributed by atoms with Gasteiger partial charge in [-0.3, -0.25) is 4.90 Å². The molecule has 1 aliphatic rings. The molecule has 24 heavy (non-hydrogen) atoms. The lowest BCUT2D eigenvalue weighted by molar-refractivity contribution is 0.323. The van der Waals surface area contributed by atoms with E-state index in [0.29, 0.717) is 11.7 Å². The Labute approximate surface area is 146 Å². The normalized spacial score (nSPS) is 18.1. The largest absolute Gasteiger partial charge is 0.297 e. The molecule has 0 amide bonds. The fourth-order valence-electron chi connectivity index (χ4n) is 3.40. The van der Waals surface area contributed by atoms with Gasteiger partial charge in [-0.15, -0.1) is 11.3 Å². The molecule has 1 aromatic carbocycles. The Morgan fingerprint density at radius 2 is 2.00 bits per heavy atom. The molecule has 3 heterocycles. The number of likely N-dealkylation sites (tertiary alicyclic amines) is 1. The molecule has 1 fully saturated rings. The molecule has 2 aromatic heterocycles. The average Bonchev–Trinajstić information content (AvgIpc) is 3.26. The maximum atomic E-state index is 4.71. The van der Waals surface area contributed by atoms with Gasteiger partial charge in [-0.1, -0.05) is 24.3 Å². The number of thiazole rings is 1. The molecule has 122 valence electrons. The molecule has 4 rings (SSSR count). The molecule has 4 nitrogen and oxygen atoms in total. The predicted octanol–water partition coefficient (Wildman–Crippen LogP) is 3.90. The second-order valence-electron chi connectivity index (χ2n) is 6.29. The Balaban J connectivity index is 1.42. The van der Waals surface area contributed by atoms with E-state index in [0.717, 1.165) is 30.3 Å². The zero-order valence-electron chi connectivity index (χ0n) is 13.7. The summed E-state index contributed by atoms with van der Waals surface area (Å²) in [5.74, 6) is 1.36. The van der Waals surface area contributed by atoms with E-state index in [1.54, 1.807) is 23.7 Å². The first-order valence-corrected chi connectivity index (χ1v) is 9.17. The Hall–Kier alpha value is -2.11. The first-order chi connectivity index (χ1) is 11.8. The van der Waals surface area contributed by atoms with Crippen LogP contribution in [0.25, 0.3) is 10.8 Å². The number of benzene rings is 1. The molecule has 0 N–H and O–H groups in total. The van der Waals surface area contributed by atoms with Crippen molar-refractivity contribution in [2.24, 2.45) is 0 Å². The molecule has 0 radical (unpaired) electrons. The van der Waals surface area contributed by atoms with Crippen molar-refractivity contribution in [3.63, 3.8) is 0 Å². The fraction of sp³-hybridized carbons (Fsp3) is 0.316. The molecule has 0 bridgehead atoms. The quantitative estimate of drug-likeness (QED) is 0.725. The van der Waals surface area contributed by atoms with Gasteiger partial charge in [0.05, 0.1) is 5.69 Å². The Bertz CT molecular complexity index is 815. The average molecular weight is 336 g/mol. The van der Waals surface area contributed by atoms with Gasteiger partial charge in [0.15, 0.2) is 10.8 Å². The van der Waals surface area contributed by atoms with E-state index in [9.17, 15) is 0 Å². The Morgan fingerprint density at radius 1 is 1.17 bits per heavy atom. The van der Waals surface area contributed by atoms with Crippen molar-refractivity contribution in [1.82, 2.24) is 19.9 Å². The van der Waals surface area contributed by atoms with Crippen LogP contribution in [0.4, 0.5) is 0 Å². The number of hydrogen-bond acceptors (Lipinski definition) is 5. The van der Waals surface area contributed by atoms with Crippen molar-refractivity contribution in [3.05, 3.63) is 64.9 Å². The smallest absolute Gasteiger partial charge is 0.188 e. The van der Waals surface area contributed by atoms with E-state index in [-0.39, 0.29) is 0 Å². The molecule has 5 heteroatoms. The van der Waals surface area contributed by atoms with Gasteiger partial charge in [0.25, 0.3) is 0 Å². The van der Waals surface area contributed by atoms with Gasteiger partial charge in [-0.25, -0.2) is 15.0 Å². The van der Waals surface area contributed by atoms with Crippen LogP contribution in [0.3, 0.4) is 0 Å². The van der Waals surface area contributed by atoms with Gasteiger partial charge < -0.3 is 0 Å². The van der Waals surface area contributed by atoms with Crippen molar-refractivity contribution in [1.29, 1.82) is 0 Å². The lowest BCUT2D eigenvalue weighted by Crippen LogP contribution is -2.20. The third-order valence-electron chi connectivity index (χ3n) is 4.60. The van der Waals surface area contributed by atoms with E-state index in [1.807, 2.05) is 6.07 Å². The number of hydrogen-bond donors (Lipinski definition) is 0. The maximum Gasteiger partial charge on any atom is 0.188 e. The van der Waals surface area contributed by atoms with Crippen molar-refractivity contribution >= 4 is 11.3 Å². The zero-order valence-corrected chi connectivity index (χ0v) is 14.5. The molecule has 3 aromatic rings. The van der Waals surface area contributed by atoms with Crippen LogP contribution >= 0.6 is 11.3 Å².